The molecule has 0 aliphatic heterocycles. The van der Waals surface area contributed by atoms with Gasteiger partial charge in [-0.1, -0.05) is 47.3 Å². The van der Waals surface area contributed by atoms with Crippen molar-refractivity contribution >= 4 is 32.5 Å². The van der Waals surface area contributed by atoms with Gasteiger partial charge in [-0.05, 0) is 31.9 Å². The molecular weight excluding hydrogens is 324 g/mol. The van der Waals surface area contributed by atoms with Crippen LogP contribution in [-0.2, 0) is 10.8 Å². The predicted octanol–water partition coefficient (Wildman–Crippen LogP) is 4.10. The molecule has 1 aliphatic carbocycles. The molecule has 104 valence electrons. The van der Waals surface area contributed by atoms with Gasteiger partial charge in [-0.25, -0.2) is 0 Å². The minimum absolute atomic E-state index is 0.00333. The van der Waals surface area contributed by atoms with Crippen molar-refractivity contribution in [2.24, 2.45) is 0 Å². The van der Waals surface area contributed by atoms with Gasteiger partial charge in [-0.15, -0.1) is 0 Å². The maximum atomic E-state index is 12.5. The smallest absolute Gasteiger partial charge is 0.178 e. The van der Waals surface area contributed by atoms with Gasteiger partial charge in [0.1, 0.15) is 0 Å². The third-order valence-corrected chi connectivity index (χ3v) is 6.30. The van der Waals surface area contributed by atoms with E-state index in [1.807, 2.05) is 12.1 Å². The zero-order chi connectivity index (χ0) is 13.8. The molecule has 2 atom stereocenters. The molecule has 1 fully saturated rings. The van der Waals surface area contributed by atoms with Crippen LogP contribution >= 0.6 is 15.9 Å². The maximum Gasteiger partial charge on any atom is 0.178 e. The molecule has 1 aromatic rings. The molecule has 0 radical (unpaired) electrons. The van der Waals surface area contributed by atoms with E-state index in [0.29, 0.717) is 5.56 Å². The quantitative estimate of drug-likeness (QED) is 0.772. The molecule has 0 N–H and O–H groups in total. The molecule has 2 nitrogen and oxygen atoms in total. The fourth-order valence-electron chi connectivity index (χ4n) is 2.54. The molecule has 19 heavy (non-hydrogen) atoms. The van der Waals surface area contributed by atoms with Crippen LogP contribution < -0.4 is 0 Å². The van der Waals surface area contributed by atoms with Crippen LogP contribution in [0.5, 0.6) is 0 Å². The zero-order valence-electron chi connectivity index (χ0n) is 11.1. The Morgan fingerprint density at radius 1 is 1.21 bits per heavy atom. The molecule has 2 rings (SSSR count). The first-order chi connectivity index (χ1) is 9.09. The van der Waals surface area contributed by atoms with Gasteiger partial charge in [0, 0.05) is 26.1 Å². The molecule has 0 bridgehead atoms. The normalized spacial score (nSPS) is 19.9. The van der Waals surface area contributed by atoms with Crippen LogP contribution in [0, 0.1) is 0 Å². The van der Waals surface area contributed by atoms with Gasteiger partial charge in [-0.2, -0.15) is 0 Å². The van der Waals surface area contributed by atoms with Crippen molar-refractivity contribution in [2.75, 3.05) is 0 Å². The van der Waals surface area contributed by atoms with Gasteiger partial charge in [-0.3, -0.25) is 9.00 Å². The van der Waals surface area contributed by atoms with Crippen LogP contribution in [0.3, 0.4) is 0 Å². The summed E-state index contributed by atoms with van der Waals surface area (Å²) >= 11 is 3.35. The van der Waals surface area contributed by atoms with E-state index in [2.05, 4.69) is 15.9 Å². The van der Waals surface area contributed by atoms with Crippen LogP contribution in [-0.4, -0.2) is 20.5 Å². The third kappa shape index (κ3) is 3.76. The van der Waals surface area contributed by atoms with Crippen molar-refractivity contribution < 1.29 is 9.00 Å². The monoisotopic (exact) mass is 342 g/mol. The summed E-state index contributed by atoms with van der Waals surface area (Å²) in [4.78, 5) is 12.3. The topological polar surface area (TPSA) is 34.1 Å². The summed E-state index contributed by atoms with van der Waals surface area (Å²) in [5, 5.41) is -0.188. The van der Waals surface area contributed by atoms with Crippen molar-refractivity contribution in [1.82, 2.24) is 0 Å². The second-order valence-corrected chi connectivity index (χ2v) is 8.05. The van der Waals surface area contributed by atoms with Crippen molar-refractivity contribution in [3.63, 3.8) is 0 Å². The van der Waals surface area contributed by atoms with Gasteiger partial charge in [0.15, 0.2) is 5.78 Å². The lowest BCUT2D eigenvalue weighted by molar-refractivity contribution is 0.0992. The second-order valence-electron chi connectivity index (χ2n) is 5.10. The number of ketones is 1. The van der Waals surface area contributed by atoms with E-state index in [9.17, 15) is 9.00 Å². The fourth-order valence-corrected chi connectivity index (χ4v) is 4.53. The van der Waals surface area contributed by atoms with E-state index >= 15 is 0 Å². The Morgan fingerprint density at radius 3 is 2.37 bits per heavy atom. The molecule has 2 unspecified atom stereocenters. The van der Waals surface area contributed by atoms with E-state index in [1.54, 1.807) is 19.1 Å². The van der Waals surface area contributed by atoms with Gasteiger partial charge < -0.3 is 0 Å². The minimum Gasteiger partial charge on any atom is -0.293 e. The third-order valence-electron chi connectivity index (χ3n) is 3.73. The van der Waals surface area contributed by atoms with Crippen LogP contribution in [0.25, 0.3) is 0 Å². The highest BCUT2D eigenvalue weighted by Gasteiger charge is 2.28. The Labute approximate surface area is 125 Å². The molecule has 1 aromatic carbocycles. The van der Waals surface area contributed by atoms with Crippen LogP contribution in [0.2, 0.25) is 0 Å². The number of hydrogen-bond donors (Lipinski definition) is 0. The standard InChI is InChI=1S/C15H19BrO2S/c1-11(19(18)14-5-3-2-4-6-14)15(17)12-7-9-13(16)10-8-12/h7-11,14H,2-6H2,1H3. The summed E-state index contributed by atoms with van der Waals surface area (Å²) in [6.45, 7) is 1.80. The molecule has 1 saturated carbocycles. The lowest BCUT2D eigenvalue weighted by atomic mass is 10.0. The summed E-state index contributed by atoms with van der Waals surface area (Å²) in [7, 11) is -1.05. The highest BCUT2D eigenvalue weighted by molar-refractivity contribution is 9.10. The molecular formula is C15H19BrO2S. The van der Waals surface area contributed by atoms with Crippen molar-refractivity contribution in [3.05, 3.63) is 34.3 Å². The summed E-state index contributed by atoms with van der Waals surface area (Å²) in [6.07, 6.45) is 5.54. The molecule has 0 heterocycles. The van der Waals surface area contributed by atoms with E-state index in [0.717, 1.165) is 30.2 Å². The number of carbonyl (C=O) groups is 1. The minimum atomic E-state index is -1.05. The van der Waals surface area contributed by atoms with E-state index in [-0.39, 0.29) is 11.0 Å². The number of benzene rings is 1. The van der Waals surface area contributed by atoms with Gasteiger partial charge in [0.25, 0.3) is 0 Å². The first kappa shape index (κ1) is 14.9. The van der Waals surface area contributed by atoms with Crippen molar-refractivity contribution in [1.29, 1.82) is 0 Å². The lowest BCUT2D eigenvalue weighted by Crippen LogP contribution is -2.31. The molecule has 0 saturated heterocycles. The highest BCUT2D eigenvalue weighted by atomic mass is 79.9. The molecule has 0 spiro atoms. The summed E-state index contributed by atoms with van der Waals surface area (Å²) in [5.74, 6) is -0.00333. The Morgan fingerprint density at radius 2 is 1.79 bits per heavy atom. The average Bonchev–Trinajstić information content (AvgIpc) is 2.46. The highest BCUT2D eigenvalue weighted by Crippen LogP contribution is 2.25. The lowest BCUT2D eigenvalue weighted by Gasteiger charge is -2.23. The maximum absolute atomic E-state index is 12.5. The number of hydrogen-bond acceptors (Lipinski definition) is 2. The summed E-state index contributed by atoms with van der Waals surface area (Å²) in [5.41, 5.74) is 0.653. The van der Waals surface area contributed by atoms with Gasteiger partial charge in [0.2, 0.25) is 0 Å². The van der Waals surface area contributed by atoms with Crippen LogP contribution in [0.1, 0.15) is 49.4 Å². The van der Waals surface area contributed by atoms with Gasteiger partial charge >= 0.3 is 0 Å². The molecule has 0 amide bonds. The van der Waals surface area contributed by atoms with E-state index in [4.69, 9.17) is 0 Å². The molecule has 0 aromatic heterocycles. The molecule has 4 heteroatoms. The van der Waals surface area contributed by atoms with Gasteiger partial charge in [0.05, 0.1) is 5.25 Å². The first-order valence-electron chi connectivity index (χ1n) is 6.79. The Balaban J connectivity index is 2.05. The Bertz CT molecular complexity index is 464. The second kappa shape index (κ2) is 6.80. The predicted molar refractivity (Wildman–Crippen MR) is 82.9 cm³/mol. The number of halogens is 1. The Kier molecular flexibility index (Phi) is 5.34. The van der Waals surface area contributed by atoms with Crippen LogP contribution in [0.15, 0.2) is 28.7 Å². The fraction of sp³-hybridized carbons (Fsp3) is 0.533. The summed E-state index contributed by atoms with van der Waals surface area (Å²) < 4.78 is 13.4. The molecule has 1 aliphatic rings. The van der Waals surface area contributed by atoms with Crippen molar-refractivity contribution in [2.45, 2.75) is 49.5 Å². The Hall–Kier alpha value is -0.480. The van der Waals surface area contributed by atoms with E-state index < -0.39 is 16.0 Å². The van der Waals surface area contributed by atoms with E-state index in [1.165, 1.54) is 6.42 Å². The number of carbonyl (C=O) groups excluding carboxylic acids is 1. The van der Waals surface area contributed by atoms with Crippen molar-refractivity contribution in [3.8, 4) is 0 Å². The first-order valence-corrected chi connectivity index (χ1v) is 8.85. The number of Topliss-reactive ketones (excluding diaryl/α,β-unsaturated/α-hetero) is 1. The number of rotatable bonds is 4. The SMILES string of the molecule is CC(C(=O)c1ccc(Br)cc1)S(=O)C1CCCCC1. The summed E-state index contributed by atoms with van der Waals surface area (Å²) in [6, 6.07) is 7.29. The largest absolute Gasteiger partial charge is 0.293 e. The van der Waals surface area contributed by atoms with Crippen LogP contribution in [0.4, 0.5) is 0 Å². The zero-order valence-corrected chi connectivity index (χ0v) is 13.5. The average molecular weight is 343 g/mol.